The Hall–Kier alpha value is -1.50. The predicted octanol–water partition coefficient (Wildman–Crippen LogP) is 4.92. The van der Waals surface area contributed by atoms with Crippen LogP contribution in [-0.4, -0.2) is 28.4 Å². The van der Waals surface area contributed by atoms with Crippen molar-refractivity contribution in [3.05, 3.63) is 63.1 Å². The van der Waals surface area contributed by atoms with Gasteiger partial charge in [0.15, 0.2) is 0 Å². The van der Waals surface area contributed by atoms with Crippen LogP contribution in [0.4, 0.5) is 4.79 Å². The maximum absolute atomic E-state index is 12.6. The van der Waals surface area contributed by atoms with Crippen LogP contribution >= 0.6 is 39.3 Å². The molecule has 0 N–H and O–H groups in total. The quantitative estimate of drug-likeness (QED) is 0.662. The normalized spacial score (nSPS) is 17.2. The Morgan fingerprint density at radius 1 is 1.16 bits per heavy atom. The topological polar surface area (TPSA) is 46.6 Å². The number of halogens is 2. The second-order valence-electron chi connectivity index (χ2n) is 5.60. The summed E-state index contributed by atoms with van der Waals surface area (Å²) in [7, 11) is 1.60. The Bertz CT molecular complexity index is 812. The van der Waals surface area contributed by atoms with Crippen molar-refractivity contribution in [3.8, 4) is 5.75 Å². The van der Waals surface area contributed by atoms with Crippen molar-refractivity contribution in [1.82, 2.24) is 4.90 Å². The number of benzene rings is 2. The molecule has 0 saturated carbocycles. The van der Waals surface area contributed by atoms with Crippen LogP contribution in [0.1, 0.15) is 11.1 Å². The van der Waals surface area contributed by atoms with E-state index in [0.29, 0.717) is 11.4 Å². The average Bonchev–Trinajstić information content (AvgIpc) is 2.84. The molecule has 130 valence electrons. The van der Waals surface area contributed by atoms with Gasteiger partial charge >= 0.3 is 0 Å². The van der Waals surface area contributed by atoms with E-state index in [2.05, 4.69) is 15.9 Å². The van der Waals surface area contributed by atoms with Crippen molar-refractivity contribution < 1.29 is 14.3 Å². The highest BCUT2D eigenvalue weighted by Gasteiger charge is 2.39. The number of rotatable bonds is 5. The van der Waals surface area contributed by atoms with Crippen molar-refractivity contribution in [2.75, 3.05) is 7.11 Å². The van der Waals surface area contributed by atoms with Crippen LogP contribution < -0.4 is 4.74 Å². The van der Waals surface area contributed by atoms with Gasteiger partial charge in [0, 0.05) is 5.02 Å². The summed E-state index contributed by atoms with van der Waals surface area (Å²) in [5, 5.41) is 0.0118. The van der Waals surface area contributed by atoms with E-state index in [1.54, 1.807) is 19.2 Å². The summed E-state index contributed by atoms with van der Waals surface area (Å²) in [5.41, 5.74) is 1.85. The van der Waals surface area contributed by atoms with Gasteiger partial charge in [0.05, 0.1) is 23.4 Å². The van der Waals surface area contributed by atoms with Crippen molar-refractivity contribution in [2.45, 2.75) is 18.2 Å². The SMILES string of the molecule is COc1ccc(C[C@@H]2SC(=O)N(Cc3ccc(Cl)cc3)C2=O)cc1Br. The maximum atomic E-state index is 12.6. The summed E-state index contributed by atoms with van der Waals surface area (Å²) < 4.78 is 6.04. The standard InChI is InChI=1S/C18H15BrClNO3S/c1-24-15-7-4-12(8-14(15)19)9-16-17(22)21(18(23)25-16)10-11-2-5-13(20)6-3-11/h2-8,16H,9-10H2,1H3/t16-/m0/s1. The van der Waals surface area contributed by atoms with Gasteiger partial charge < -0.3 is 4.74 Å². The molecule has 2 amide bonds. The van der Waals surface area contributed by atoms with Crippen molar-refractivity contribution in [3.63, 3.8) is 0 Å². The molecule has 0 bridgehead atoms. The van der Waals surface area contributed by atoms with Gasteiger partial charge in [-0.15, -0.1) is 0 Å². The van der Waals surface area contributed by atoms with Gasteiger partial charge in [0.1, 0.15) is 5.75 Å². The molecule has 1 fully saturated rings. The van der Waals surface area contributed by atoms with Crippen LogP contribution in [0, 0.1) is 0 Å². The zero-order chi connectivity index (χ0) is 18.0. The first-order valence-electron chi connectivity index (χ1n) is 7.57. The molecule has 0 unspecified atom stereocenters. The highest BCUT2D eigenvalue weighted by atomic mass is 79.9. The molecule has 2 aromatic carbocycles. The number of nitrogens with zero attached hydrogens (tertiary/aromatic N) is 1. The Labute approximate surface area is 163 Å². The van der Waals surface area contributed by atoms with Gasteiger partial charge in [-0.3, -0.25) is 14.5 Å². The molecule has 25 heavy (non-hydrogen) atoms. The molecule has 1 atom stereocenters. The number of thioether (sulfide) groups is 1. The molecule has 3 rings (SSSR count). The maximum Gasteiger partial charge on any atom is 0.289 e. The second-order valence-corrected chi connectivity index (χ2v) is 8.04. The van der Waals surface area contributed by atoms with Gasteiger partial charge in [-0.05, 0) is 57.7 Å². The third-order valence-electron chi connectivity index (χ3n) is 3.90. The minimum absolute atomic E-state index is 0.156. The Kier molecular flexibility index (Phi) is 5.71. The van der Waals surface area contributed by atoms with Crippen LogP contribution in [0.5, 0.6) is 5.75 Å². The van der Waals surface area contributed by atoms with E-state index < -0.39 is 5.25 Å². The van der Waals surface area contributed by atoms with E-state index in [-0.39, 0.29) is 17.7 Å². The highest BCUT2D eigenvalue weighted by Crippen LogP contribution is 2.33. The molecule has 4 nitrogen and oxygen atoms in total. The summed E-state index contributed by atoms with van der Waals surface area (Å²) in [4.78, 5) is 26.2. The van der Waals surface area contributed by atoms with Crippen molar-refractivity contribution >= 4 is 50.4 Å². The number of amides is 2. The third-order valence-corrected chi connectivity index (χ3v) is 5.84. The fourth-order valence-corrected chi connectivity index (χ4v) is 4.34. The summed E-state index contributed by atoms with van der Waals surface area (Å²) >= 11 is 10.4. The van der Waals surface area contributed by atoms with E-state index in [1.807, 2.05) is 30.3 Å². The Balaban J connectivity index is 1.70. The van der Waals surface area contributed by atoms with Crippen LogP contribution in [0.15, 0.2) is 46.9 Å². The molecule has 1 saturated heterocycles. The predicted molar refractivity (Wildman–Crippen MR) is 103 cm³/mol. The van der Waals surface area contributed by atoms with Crippen molar-refractivity contribution in [2.24, 2.45) is 0 Å². The number of methoxy groups -OCH3 is 1. The fourth-order valence-electron chi connectivity index (χ4n) is 2.59. The van der Waals surface area contributed by atoms with E-state index in [1.165, 1.54) is 4.90 Å². The van der Waals surface area contributed by atoms with Gasteiger partial charge in [-0.25, -0.2) is 0 Å². The summed E-state index contributed by atoms with van der Waals surface area (Å²) in [6, 6.07) is 12.8. The van der Waals surface area contributed by atoms with Crippen LogP contribution in [0.2, 0.25) is 5.02 Å². The monoisotopic (exact) mass is 439 g/mol. The summed E-state index contributed by atoms with van der Waals surface area (Å²) in [6.07, 6.45) is 0.495. The molecule has 0 aromatic heterocycles. The first-order valence-corrected chi connectivity index (χ1v) is 9.62. The largest absolute Gasteiger partial charge is 0.496 e. The number of carbonyl (C=O) groups is 2. The van der Waals surface area contributed by atoms with Crippen LogP contribution in [0.25, 0.3) is 0 Å². The number of ether oxygens (including phenoxy) is 1. The molecule has 0 aliphatic carbocycles. The molecule has 2 aromatic rings. The van der Waals surface area contributed by atoms with E-state index in [9.17, 15) is 9.59 Å². The Morgan fingerprint density at radius 3 is 2.48 bits per heavy atom. The van der Waals surface area contributed by atoms with Gasteiger partial charge in [0.25, 0.3) is 5.24 Å². The first-order chi connectivity index (χ1) is 12.0. The minimum Gasteiger partial charge on any atom is -0.496 e. The van der Waals surface area contributed by atoms with E-state index in [4.69, 9.17) is 16.3 Å². The molecular weight excluding hydrogens is 426 g/mol. The smallest absolute Gasteiger partial charge is 0.289 e. The van der Waals surface area contributed by atoms with Gasteiger partial charge in [-0.1, -0.05) is 41.6 Å². The third kappa shape index (κ3) is 4.19. The average molecular weight is 441 g/mol. The molecule has 1 aliphatic rings. The number of carbonyl (C=O) groups excluding carboxylic acids is 2. The number of hydrogen-bond acceptors (Lipinski definition) is 4. The lowest BCUT2D eigenvalue weighted by Gasteiger charge is -2.14. The molecule has 0 spiro atoms. The van der Waals surface area contributed by atoms with E-state index >= 15 is 0 Å². The zero-order valence-electron chi connectivity index (χ0n) is 13.4. The second kappa shape index (κ2) is 7.81. The van der Waals surface area contributed by atoms with Gasteiger partial charge in [0.2, 0.25) is 5.91 Å². The Morgan fingerprint density at radius 2 is 1.84 bits per heavy atom. The summed E-state index contributed by atoms with van der Waals surface area (Å²) in [5.74, 6) is 0.575. The molecule has 1 aliphatic heterocycles. The molecular formula is C18H15BrClNO3S. The van der Waals surface area contributed by atoms with Crippen molar-refractivity contribution in [1.29, 1.82) is 0 Å². The molecule has 0 radical (unpaired) electrons. The molecule has 7 heteroatoms. The molecule has 1 heterocycles. The fraction of sp³-hybridized carbons (Fsp3) is 0.222. The van der Waals surface area contributed by atoms with Crippen LogP contribution in [-0.2, 0) is 17.8 Å². The van der Waals surface area contributed by atoms with E-state index in [0.717, 1.165) is 33.1 Å². The van der Waals surface area contributed by atoms with Gasteiger partial charge in [-0.2, -0.15) is 0 Å². The van der Waals surface area contributed by atoms with Crippen LogP contribution in [0.3, 0.4) is 0 Å². The lowest BCUT2D eigenvalue weighted by atomic mass is 10.1. The first kappa shape index (κ1) is 18.3. The minimum atomic E-state index is -0.403. The number of hydrogen-bond donors (Lipinski definition) is 0. The highest BCUT2D eigenvalue weighted by molar-refractivity contribution is 9.10. The number of imide groups is 1. The lowest BCUT2D eigenvalue weighted by Crippen LogP contribution is -2.31. The lowest BCUT2D eigenvalue weighted by molar-refractivity contribution is -0.127. The summed E-state index contributed by atoms with van der Waals surface area (Å²) in [6.45, 7) is 0.268. The zero-order valence-corrected chi connectivity index (χ0v) is 16.5.